The van der Waals surface area contributed by atoms with Crippen LogP contribution in [-0.4, -0.2) is 16.6 Å². The standard InChI is InChI=1S/C11H13N3O/c1-8(2)10-7-11(15)14(13-10)9-3-5-12-6-4-9/h3-6,8H,7H2,1-2H3. The molecule has 15 heavy (non-hydrogen) atoms. The fourth-order valence-electron chi connectivity index (χ4n) is 1.46. The molecule has 0 saturated heterocycles. The summed E-state index contributed by atoms with van der Waals surface area (Å²) in [5, 5.41) is 5.77. The first-order valence-corrected chi connectivity index (χ1v) is 4.99. The average molecular weight is 203 g/mol. The second-order valence-corrected chi connectivity index (χ2v) is 3.83. The van der Waals surface area contributed by atoms with Crippen molar-refractivity contribution in [2.24, 2.45) is 11.0 Å². The normalized spacial score (nSPS) is 16.1. The molecule has 2 heterocycles. The first-order chi connectivity index (χ1) is 7.18. The summed E-state index contributed by atoms with van der Waals surface area (Å²) in [7, 11) is 0. The van der Waals surface area contributed by atoms with Crippen LogP contribution in [0.2, 0.25) is 0 Å². The molecule has 0 unspecified atom stereocenters. The predicted octanol–water partition coefficient (Wildman–Crippen LogP) is 1.83. The Morgan fingerprint density at radius 3 is 2.53 bits per heavy atom. The Bertz CT molecular complexity index is 398. The van der Waals surface area contributed by atoms with Gasteiger partial charge in [-0.25, -0.2) is 5.01 Å². The minimum absolute atomic E-state index is 0.0323. The van der Waals surface area contributed by atoms with Crippen molar-refractivity contribution < 1.29 is 4.79 Å². The summed E-state index contributed by atoms with van der Waals surface area (Å²) >= 11 is 0. The number of hydrogen-bond acceptors (Lipinski definition) is 3. The molecule has 0 radical (unpaired) electrons. The van der Waals surface area contributed by atoms with E-state index in [4.69, 9.17) is 0 Å². The van der Waals surface area contributed by atoms with Crippen LogP contribution in [0.3, 0.4) is 0 Å². The summed E-state index contributed by atoms with van der Waals surface area (Å²) in [5.74, 6) is 0.352. The number of nitrogens with zero attached hydrogens (tertiary/aromatic N) is 3. The molecule has 1 aliphatic rings. The van der Waals surface area contributed by atoms with Gasteiger partial charge in [-0.2, -0.15) is 5.10 Å². The fraction of sp³-hybridized carbons (Fsp3) is 0.364. The molecule has 4 nitrogen and oxygen atoms in total. The lowest BCUT2D eigenvalue weighted by molar-refractivity contribution is -0.116. The molecule has 4 heteroatoms. The van der Waals surface area contributed by atoms with Gasteiger partial charge in [0.1, 0.15) is 0 Å². The zero-order valence-corrected chi connectivity index (χ0v) is 8.84. The van der Waals surface area contributed by atoms with E-state index < -0.39 is 0 Å². The highest BCUT2D eigenvalue weighted by Crippen LogP contribution is 2.21. The van der Waals surface area contributed by atoms with Crippen molar-refractivity contribution in [2.75, 3.05) is 5.01 Å². The maximum absolute atomic E-state index is 11.7. The zero-order chi connectivity index (χ0) is 10.8. The second-order valence-electron chi connectivity index (χ2n) is 3.83. The van der Waals surface area contributed by atoms with Gasteiger partial charge in [-0.05, 0) is 18.1 Å². The summed E-state index contributed by atoms with van der Waals surface area (Å²) in [6.45, 7) is 4.09. The highest BCUT2D eigenvalue weighted by Gasteiger charge is 2.26. The molecular weight excluding hydrogens is 190 g/mol. The Morgan fingerprint density at radius 2 is 2.00 bits per heavy atom. The number of amides is 1. The molecule has 1 aromatic rings. The van der Waals surface area contributed by atoms with Crippen molar-refractivity contribution in [3.63, 3.8) is 0 Å². The van der Waals surface area contributed by atoms with Crippen LogP contribution >= 0.6 is 0 Å². The van der Waals surface area contributed by atoms with Crippen LogP contribution < -0.4 is 5.01 Å². The van der Waals surface area contributed by atoms with Crippen LogP contribution in [0.5, 0.6) is 0 Å². The molecule has 0 saturated carbocycles. The van der Waals surface area contributed by atoms with E-state index in [2.05, 4.69) is 10.1 Å². The van der Waals surface area contributed by atoms with Crippen LogP contribution in [0.4, 0.5) is 5.69 Å². The Morgan fingerprint density at radius 1 is 1.33 bits per heavy atom. The van der Waals surface area contributed by atoms with Gasteiger partial charge in [0.15, 0.2) is 0 Å². The molecule has 0 aliphatic carbocycles. The lowest BCUT2D eigenvalue weighted by Crippen LogP contribution is -2.19. The van der Waals surface area contributed by atoms with Crippen molar-refractivity contribution in [1.29, 1.82) is 0 Å². The minimum Gasteiger partial charge on any atom is -0.272 e. The summed E-state index contributed by atoms with van der Waals surface area (Å²) in [6, 6.07) is 3.56. The first-order valence-electron chi connectivity index (χ1n) is 4.99. The maximum Gasteiger partial charge on any atom is 0.253 e. The van der Waals surface area contributed by atoms with Gasteiger partial charge >= 0.3 is 0 Å². The van der Waals surface area contributed by atoms with Crippen LogP contribution in [0, 0.1) is 5.92 Å². The summed E-state index contributed by atoms with van der Waals surface area (Å²) in [4.78, 5) is 15.6. The van der Waals surface area contributed by atoms with E-state index in [0.717, 1.165) is 11.4 Å². The molecule has 0 spiro atoms. The molecule has 1 aromatic heterocycles. The second kappa shape index (κ2) is 3.81. The largest absolute Gasteiger partial charge is 0.272 e. The molecule has 2 rings (SSSR count). The highest BCUT2D eigenvalue weighted by atomic mass is 16.2. The van der Waals surface area contributed by atoms with E-state index in [1.807, 2.05) is 13.8 Å². The van der Waals surface area contributed by atoms with E-state index >= 15 is 0 Å². The quantitative estimate of drug-likeness (QED) is 0.736. The predicted molar refractivity (Wildman–Crippen MR) is 58.6 cm³/mol. The summed E-state index contributed by atoms with van der Waals surface area (Å²) in [5.41, 5.74) is 1.72. The maximum atomic E-state index is 11.7. The van der Waals surface area contributed by atoms with Gasteiger partial charge in [0, 0.05) is 12.4 Å². The number of anilines is 1. The number of pyridine rings is 1. The number of carbonyl (C=O) groups is 1. The molecule has 78 valence electrons. The van der Waals surface area contributed by atoms with Crippen molar-refractivity contribution in [3.05, 3.63) is 24.5 Å². The van der Waals surface area contributed by atoms with Crippen LogP contribution in [0.25, 0.3) is 0 Å². The lowest BCUT2D eigenvalue weighted by Gasteiger charge is -2.10. The summed E-state index contributed by atoms with van der Waals surface area (Å²) in [6.07, 6.45) is 3.75. The van der Waals surface area contributed by atoms with Gasteiger partial charge in [-0.3, -0.25) is 9.78 Å². The third-order valence-electron chi connectivity index (χ3n) is 2.37. The third-order valence-corrected chi connectivity index (χ3v) is 2.37. The van der Waals surface area contributed by atoms with Crippen molar-refractivity contribution >= 4 is 17.3 Å². The Balaban J connectivity index is 2.28. The Kier molecular flexibility index (Phi) is 2.49. The Labute approximate surface area is 88.6 Å². The van der Waals surface area contributed by atoms with Crippen LogP contribution in [0.15, 0.2) is 29.6 Å². The van der Waals surface area contributed by atoms with E-state index in [0.29, 0.717) is 12.3 Å². The zero-order valence-electron chi connectivity index (χ0n) is 8.84. The fourth-order valence-corrected chi connectivity index (χ4v) is 1.46. The lowest BCUT2D eigenvalue weighted by atomic mass is 10.1. The number of carbonyl (C=O) groups excluding carboxylic acids is 1. The molecule has 0 aromatic carbocycles. The number of hydrogen-bond donors (Lipinski definition) is 0. The van der Waals surface area contributed by atoms with Gasteiger partial charge in [0.2, 0.25) is 0 Å². The highest BCUT2D eigenvalue weighted by molar-refractivity contribution is 6.13. The van der Waals surface area contributed by atoms with Gasteiger partial charge < -0.3 is 0 Å². The molecule has 0 N–H and O–H groups in total. The van der Waals surface area contributed by atoms with Crippen LogP contribution in [0.1, 0.15) is 20.3 Å². The minimum atomic E-state index is 0.0323. The Hall–Kier alpha value is -1.71. The first kappa shape index (κ1) is 9.83. The number of hydrazone groups is 1. The van der Waals surface area contributed by atoms with E-state index in [1.54, 1.807) is 24.5 Å². The van der Waals surface area contributed by atoms with Gasteiger partial charge in [0.05, 0.1) is 17.8 Å². The molecule has 0 fully saturated rings. The van der Waals surface area contributed by atoms with E-state index in [-0.39, 0.29) is 5.91 Å². The van der Waals surface area contributed by atoms with Gasteiger partial charge in [-0.1, -0.05) is 13.8 Å². The summed E-state index contributed by atoms with van der Waals surface area (Å²) < 4.78 is 0. The van der Waals surface area contributed by atoms with E-state index in [1.165, 1.54) is 5.01 Å². The third kappa shape index (κ3) is 1.88. The van der Waals surface area contributed by atoms with Crippen LogP contribution in [-0.2, 0) is 4.79 Å². The number of aromatic nitrogens is 1. The van der Waals surface area contributed by atoms with Crippen molar-refractivity contribution in [3.8, 4) is 0 Å². The van der Waals surface area contributed by atoms with Crippen molar-refractivity contribution in [1.82, 2.24) is 4.98 Å². The molecule has 1 amide bonds. The topological polar surface area (TPSA) is 45.6 Å². The monoisotopic (exact) mass is 203 g/mol. The van der Waals surface area contributed by atoms with Gasteiger partial charge in [0.25, 0.3) is 5.91 Å². The van der Waals surface area contributed by atoms with Gasteiger partial charge in [-0.15, -0.1) is 0 Å². The van der Waals surface area contributed by atoms with Crippen molar-refractivity contribution in [2.45, 2.75) is 20.3 Å². The number of rotatable bonds is 2. The smallest absolute Gasteiger partial charge is 0.253 e. The average Bonchev–Trinajstić information content (AvgIpc) is 2.62. The molecule has 0 atom stereocenters. The van der Waals surface area contributed by atoms with E-state index in [9.17, 15) is 4.79 Å². The molecular formula is C11H13N3O. The molecule has 1 aliphatic heterocycles. The molecule has 0 bridgehead atoms. The SMILES string of the molecule is CC(C)C1=NN(c2ccncc2)C(=O)C1.